The average Bonchev–Trinajstić information content (AvgIpc) is 2.89. The molecule has 35 heavy (non-hydrogen) atoms. The van der Waals surface area contributed by atoms with Gasteiger partial charge in [0.15, 0.2) is 0 Å². The molecule has 4 nitrogen and oxygen atoms in total. The Morgan fingerprint density at radius 1 is 0.571 bits per heavy atom. The van der Waals surface area contributed by atoms with Gasteiger partial charge in [0.05, 0.1) is 39.0 Å². The minimum atomic E-state index is 0.683. The van der Waals surface area contributed by atoms with E-state index in [1.807, 2.05) is 24.3 Å². The van der Waals surface area contributed by atoms with E-state index in [2.05, 4.69) is 62.5 Å². The fourth-order valence-electron chi connectivity index (χ4n) is 3.76. The number of rotatable bonds is 16. The van der Waals surface area contributed by atoms with Gasteiger partial charge < -0.3 is 18.9 Å². The first-order valence-electron chi connectivity index (χ1n) is 12.2. The zero-order chi connectivity index (χ0) is 24.7. The van der Waals surface area contributed by atoms with Crippen LogP contribution in [0, 0.1) is 6.92 Å². The third kappa shape index (κ3) is 8.56. The Labute approximate surface area is 209 Å². The van der Waals surface area contributed by atoms with Crippen LogP contribution in [0.4, 0.5) is 0 Å². The lowest BCUT2D eigenvalue weighted by Crippen LogP contribution is -1.99. The van der Waals surface area contributed by atoms with Gasteiger partial charge in [0.25, 0.3) is 0 Å². The minimum Gasteiger partial charge on any atom is -0.502 e. The first kappa shape index (κ1) is 26.0. The van der Waals surface area contributed by atoms with Gasteiger partial charge in [-0.05, 0) is 84.7 Å². The molecule has 3 aromatic rings. The quantitative estimate of drug-likeness (QED) is 0.156. The molecule has 0 N–H and O–H groups in total. The van der Waals surface area contributed by atoms with Gasteiger partial charge in [-0.2, -0.15) is 0 Å². The molecule has 0 unspecified atom stereocenters. The molecule has 0 aliphatic rings. The van der Waals surface area contributed by atoms with Crippen molar-refractivity contribution in [2.24, 2.45) is 0 Å². The topological polar surface area (TPSA) is 36.9 Å². The lowest BCUT2D eigenvalue weighted by molar-refractivity contribution is 0.226. The van der Waals surface area contributed by atoms with E-state index in [0.29, 0.717) is 26.4 Å². The number of ether oxygens (including phenoxy) is 4. The lowest BCUT2D eigenvalue weighted by Gasteiger charge is -2.12. The summed E-state index contributed by atoms with van der Waals surface area (Å²) in [4.78, 5) is 0. The predicted molar refractivity (Wildman–Crippen MR) is 144 cm³/mol. The molecule has 3 rings (SSSR count). The maximum absolute atomic E-state index is 5.84. The summed E-state index contributed by atoms with van der Waals surface area (Å²) in [5, 5.41) is 0. The van der Waals surface area contributed by atoms with Crippen LogP contribution in [0.25, 0.3) is 22.3 Å². The largest absolute Gasteiger partial charge is 0.502 e. The molecule has 0 amide bonds. The Balaban J connectivity index is 1.52. The third-order valence-electron chi connectivity index (χ3n) is 5.67. The van der Waals surface area contributed by atoms with Gasteiger partial charge >= 0.3 is 0 Å². The van der Waals surface area contributed by atoms with Crippen molar-refractivity contribution in [1.29, 1.82) is 0 Å². The summed E-state index contributed by atoms with van der Waals surface area (Å²) in [7, 11) is 0. The molecule has 0 atom stereocenters. The summed E-state index contributed by atoms with van der Waals surface area (Å²) in [5.74, 6) is 1.78. The molecule has 0 heterocycles. The molecule has 0 aromatic heterocycles. The Hall–Kier alpha value is -3.66. The molecular formula is C31H36O4. The second kappa shape index (κ2) is 14.6. The highest BCUT2D eigenvalue weighted by Crippen LogP contribution is 2.30. The zero-order valence-corrected chi connectivity index (χ0v) is 20.7. The summed E-state index contributed by atoms with van der Waals surface area (Å²) in [6.07, 6.45) is 6.77. The molecule has 0 saturated heterocycles. The predicted octanol–water partition coefficient (Wildman–Crippen LogP) is 7.97. The summed E-state index contributed by atoms with van der Waals surface area (Å²) < 4.78 is 21.9. The minimum absolute atomic E-state index is 0.683. The highest BCUT2D eigenvalue weighted by Gasteiger charge is 2.06. The van der Waals surface area contributed by atoms with E-state index in [4.69, 9.17) is 18.9 Å². The van der Waals surface area contributed by atoms with Crippen LogP contribution in [0.15, 0.2) is 92.4 Å². The lowest BCUT2D eigenvalue weighted by atomic mass is 9.96. The number of benzene rings is 3. The highest BCUT2D eigenvalue weighted by atomic mass is 16.5. The van der Waals surface area contributed by atoms with E-state index in [1.165, 1.54) is 40.3 Å². The molecule has 3 aromatic carbocycles. The van der Waals surface area contributed by atoms with Gasteiger partial charge in [0.1, 0.15) is 11.5 Å². The van der Waals surface area contributed by atoms with Crippen LogP contribution in [-0.2, 0) is 9.47 Å². The zero-order valence-electron chi connectivity index (χ0n) is 20.7. The number of aryl methyl sites for hydroxylation is 1. The van der Waals surface area contributed by atoms with Crippen LogP contribution in [0.3, 0.4) is 0 Å². The normalized spacial score (nSPS) is 10.4. The van der Waals surface area contributed by atoms with E-state index < -0.39 is 0 Å². The van der Waals surface area contributed by atoms with E-state index in [0.717, 1.165) is 37.2 Å². The van der Waals surface area contributed by atoms with Crippen LogP contribution in [0.2, 0.25) is 0 Å². The van der Waals surface area contributed by atoms with Crippen molar-refractivity contribution in [3.63, 3.8) is 0 Å². The van der Waals surface area contributed by atoms with Gasteiger partial charge in [0.2, 0.25) is 0 Å². The van der Waals surface area contributed by atoms with Crippen LogP contribution in [0.1, 0.15) is 31.2 Å². The van der Waals surface area contributed by atoms with Gasteiger partial charge in [0, 0.05) is 0 Å². The molecule has 0 aliphatic carbocycles. The molecule has 4 heteroatoms. The van der Waals surface area contributed by atoms with Crippen molar-refractivity contribution < 1.29 is 18.9 Å². The average molecular weight is 473 g/mol. The fourth-order valence-corrected chi connectivity index (χ4v) is 3.76. The van der Waals surface area contributed by atoms with Crippen molar-refractivity contribution in [2.75, 3.05) is 26.4 Å². The SMILES string of the molecule is C=COCCCCOc1ccc(-c2ccc(-c3ccc(OCCCCOC=C)cc3)c(C)c2)cc1. The monoisotopic (exact) mass is 472 g/mol. The Morgan fingerprint density at radius 2 is 1.03 bits per heavy atom. The molecule has 0 radical (unpaired) electrons. The van der Waals surface area contributed by atoms with E-state index >= 15 is 0 Å². The van der Waals surface area contributed by atoms with Gasteiger partial charge in [-0.3, -0.25) is 0 Å². The second-order valence-corrected chi connectivity index (χ2v) is 8.26. The molecule has 0 bridgehead atoms. The Bertz CT molecular complexity index is 1040. The number of hydrogen-bond acceptors (Lipinski definition) is 4. The van der Waals surface area contributed by atoms with Crippen molar-refractivity contribution in [1.82, 2.24) is 0 Å². The van der Waals surface area contributed by atoms with Crippen LogP contribution in [-0.4, -0.2) is 26.4 Å². The van der Waals surface area contributed by atoms with Crippen LogP contribution >= 0.6 is 0 Å². The number of unbranched alkanes of at least 4 members (excludes halogenated alkanes) is 2. The van der Waals surface area contributed by atoms with Crippen LogP contribution in [0.5, 0.6) is 11.5 Å². The summed E-state index contributed by atoms with van der Waals surface area (Å²) >= 11 is 0. The maximum Gasteiger partial charge on any atom is 0.119 e. The van der Waals surface area contributed by atoms with Crippen molar-refractivity contribution in [3.8, 4) is 33.8 Å². The molecular weight excluding hydrogens is 436 g/mol. The van der Waals surface area contributed by atoms with Crippen molar-refractivity contribution >= 4 is 0 Å². The molecule has 0 fully saturated rings. The summed E-state index contributed by atoms with van der Waals surface area (Å²) in [5.41, 5.74) is 6.01. The number of hydrogen-bond donors (Lipinski definition) is 0. The summed E-state index contributed by atoms with van der Waals surface area (Å²) in [6.45, 7) is 12.0. The fraction of sp³-hybridized carbons (Fsp3) is 0.290. The second-order valence-electron chi connectivity index (χ2n) is 8.26. The smallest absolute Gasteiger partial charge is 0.119 e. The maximum atomic E-state index is 5.84. The van der Waals surface area contributed by atoms with Gasteiger partial charge in [-0.15, -0.1) is 0 Å². The first-order valence-corrected chi connectivity index (χ1v) is 12.2. The third-order valence-corrected chi connectivity index (χ3v) is 5.67. The summed E-state index contributed by atoms with van der Waals surface area (Å²) in [6, 6.07) is 23.2. The van der Waals surface area contributed by atoms with Crippen molar-refractivity contribution in [2.45, 2.75) is 32.6 Å². The molecule has 184 valence electrons. The van der Waals surface area contributed by atoms with E-state index in [-0.39, 0.29) is 0 Å². The highest BCUT2D eigenvalue weighted by molar-refractivity contribution is 5.74. The Kier molecular flexibility index (Phi) is 10.8. The van der Waals surface area contributed by atoms with E-state index in [1.54, 1.807) is 0 Å². The van der Waals surface area contributed by atoms with Crippen molar-refractivity contribution in [3.05, 3.63) is 98.0 Å². The van der Waals surface area contributed by atoms with Gasteiger partial charge in [-0.1, -0.05) is 55.6 Å². The van der Waals surface area contributed by atoms with E-state index in [9.17, 15) is 0 Å². The standard InChI is InChI=1S/C31H36O4/c1-4-32-20-6-8-22-34-29-15-10-26(11-16-29)28-14-19-31(25(3)24-28)27-12-17-30(18-13-27)35-23-9-7-21-33-5-2/h4-5,10-19,24H,1-2,6-9,20-23H2,3H3. The molecule has 0 aliphatic heterocycles. The van der Waals surface area contributed by atoms with Gasteiger partial charge in [-0.25, -0.2) is 0 Å². The first-order chi connectivity index (χ1) is 17.2. The molecule has 0 spiro atoms. The van der Waals surface area contributed by atoms with Crippen LogP contribution < -0.4 is 9.47 Å². The molecule has 0 saturated carbocycles. The Morgan fingerprint density at radius 3 is 1.51 bits per heavy atom.